The molecule has 1 saturated heterocycles. The molecular weight excluding hydrogens is 214 g/mol. The highest BCUT2D eigenvalue weighted by Crippen LogP contribution is 2.07. The summed E-state index contributed by atoms with van der Waals surface area (Å²) in [5.41, 5.74) is 6.50. The molecule has 0 aliphatic carbocycles. The summed E-state index contributed by atoms with van der Waals surface area (Å²) in [6.45, 7) is 9.16. The first-order valence-corrected chi connectivity index (χ1v) is 5.88. The van der Waals surface area contributed by atoms with E-state index in [2.05, 4.69) is 18.5 Å². The second-order valence-corrected chi connectivity index (χ2v) is 4.19. The number of nitrogens with zero attached hydrogens (tertiary/aromatic N) is 1. The molecule has 0 spiro atoms. The van der Waals surface area contributed by atoms with Crippen LogP contribution < -0.4 is 11.1 Å². The van der Waals surface area contributed by atoms with Crippen LogP contribution in [0.25, 0.3) is 0 Å². The van der Waals surface area contributed by atoms with E-state index in [1.807, 2.05) is 4.90 Å². The fourth-order valence-electron chi connectivity index (χ4n) is 1.69. The number of nitrogens with two attached hydrogens (primary N) is 1. The van der Waals surface area contributed by atoms with Crippen LogP contribution in [0.2, 0.25) is 0 Å². The minimum absolute atomic E-state index is 0.102. The maximum atomic E-state index is 11.8. The molecule has 0 radical (unpaired) electrons. The van der Waals surface area contributed by atoms with E-state index in [-0.39, 0.29) is 18.5 Å². The van der Waals surface area contributed by atoms with Crippen LogP contribution in [-0.4, -0.2) is 36.5 Å². The largest absolute Gasteiger partial charge is 0.377 e. The predicted molar refractivity (Wildman–Crippen MR) is 70.3 cm³/mol. The van der Waals surface area contributed by atoms with E-state index in [9.17, 15) is 4.79 Å². The van der Waals surface area contributed by atoms with Crippen molar-refractivity contribution in [1.82, 2.24) is 10.2 Å². The van der Waals surface area contributed by atoms with Crippen LogP contribution >= 0.6 is 0 Å². The molecule has 3 N–H and O–H groups in total. The van der Waals surface area contributed by atoms with Crippen molar-refractivity contribution in [2.45, 2.75) is 18.9 Å². The summed E-state index contributed by atoms with van der Waals surface area (Å²) in [7, 11) is 0. The van der Waals surface area contributed by atoms with Crippen molar-refractivity contribution in [3.63, 3.8) is 0 Å². The van der Waals surface area contributed by atoms with Gasteiger partial charge < -0.3 is 16.0 Å². The lowest BCUT2D eigenvalue weighted by atomic mass is 10.1. The summed E-state index contributed by atoms with van der Waals surface area (Å²) in [4.78, 5) is 13.7. The molecule has 1 amide bonds. The number of amides is 1. The maximum absolute atomic E-state index is 11.8. The van der Waals surface area contributed by atoms with Crippen molar-refractivity contribution in [1.29, 1.82) is 0 Å². The Bertz CT molecular complexity index is 315. The van der Waals surface area contributed by atoms with Crippen LogP contribution in [0.15, 0.2) is 37.1 Å². The van der Waals surface area contributed by atoms with Crippen LogP contribution in [0, 0.1) is 0 Å². The Labute approximate surface area is 103 Å². The molecule has 1 aliphatic heterocycles. The van der Waals surface area contributed by atoms with E-state index < -0.39 is 0 Å². The topological polar surface area (TPSA) is 58.4 Å². The summed E-state index contributed by atoms with van der Waals surface area (Å²) in [5, 5.41) is 2.97. The van der Waals surface area contributed by atoms with Crippen molar-refractivity contribution in [3.8, 4) is 0 Å². The Balaban J connectivity index is 2.27. The minimum Gasteiger partial charge on any atom is -0.377 e. The zero-order valence-corrected chi connectivity index (χ0v) is 10.2. The second kappa shape index (κ2) is 6.91. The lowest BCUT2D eigenvalue weighted by Gasteiger charge is -2.30. The lowest BCUT2D eigenvalue weighted by molar-refractivity contribution is -0.131. The van der Waals surface area contributed by atoms with Crippen molar-refractivity contribution in [2.75, 3.05) is 19.6 Å². The monoisotopic (exact) mass is 235 g/mol. The van der Waals surface area contributed by atoms with E-state index >= 15 is 0 Å². The van der Waals surface area contributed by atoms with Gasteiger partial charge in [0.05, 0.1) is 6.54 Å². The first kappa shape index (κ1) is 13.5. The average molecular weight is 235 g/mol. The zero-order valence-electron chi connectivity index (χ0n) is 10.2. The fourth-order valence-corrected chi connectivity index (χ4v) is 1.69. The SMILES string of the molecule is C=C/C=C\C(=C)NCC(=O)N1CCC(N)CC1. The smallest absolute Gasteiger partial charge is 0.241 e. The third-order valence-electron chi connectivity index (χ3n) is 2.79. The molecule has 4 heteroatoms. The molecule has 0 aromatic carbocycles. The van der Waals surface area contributed by atoms with Gasteiger partial charge in [-0.15, -0.1) is 0 Å². The molecular formula is C13H21N3O. The fraction of sp³-hybridized carbons (Fsp3) is 0.462. The number of carbonyl (C=O) groups is 1. The predicted octanol–water partition coefficient (Wildman–Crippen LogP) is 0.782. The van der Waals surface area contributed by atoms with Gasteiger partial charge in [-0.25, -0.2) is 0 Å². The molecule has 0 atom stereocenters. The van der Waals surface area contributed by atoms with Gasteiger partial charge in [0.1, 0.15) is 0 Å². The van der Waals surface area contributed by atoms with E-state index in [1.54, 1.807) is 18.2 Å². The van der Waals surface area contributed by atoms with Crippen LogP contribution in [-0.2, 0) is 4.79 Å². The Hall–Kier alpha value is -1.55. The first-order chi connectivity index (χ1) is 8.13. The number of hydrogen-bond donors (Lipinski definition) is 2. The van der Waals surface area contributed by atoms with Crippen LogP contribution in [0.4, 0.5) is 0 Å². The Morgan fingerprint density at radius 1 is 1.47 bits per heavy atom. The van der Waals surface area contributed by atoms with Gasteiger partial charge in [0, 0.05) is 24.8 Å². The molecule has 94 valence electrons. The Morgan fingerprint density at radius 2 is 2.12 bits per heavy atom. The standard InChI is InChI=1S/C13H21N3O/c1-3-4-5-11(2)15-10-13(17)16-8-6-12(14)7-9-16/h3-5,12,15H,1-2,6-10,14H2/b5-4-. The highest BCUT2D eigenvalue weighted by atomic mass is 16.2. The molecule has 4 nitrogen and oxygen atoms in total. The average Bonchev–Trinajstić information content (AvgIpc) is 2.34. The summed E-state index contributed by atoms with van der Waals surface area (Å²) in [6, 6.07) is 0.248. The molecule has 0 bridgehead atoms. The zero-order chi connectivity index (χ0) is 12.7. The van der Waals surface area contributed by atoms with Gasteiger partial charge in [-0.3, -0.25) is 4.79 Å². The van der Waals surface area contributed by atoms with Crippen LogP contribution in [0.1, 0.15) is 12.8 Å². The summed E-state index contributed by atoms with van der Waals surface area (Å²) in [6.07, 6.45) is 7.01. The normalized spacial score (nSPS) is 17.1. The number of carbonyl (C=O) groups excluding carboxylic acids is 1. The van der Waals surface area contributed by atoms with E-state index in [4.69, 9.17) is 5.73 Å². The molecule has 1 heterocycles. The molecule has 1 aliphatic rings. The number of hydrogen-bond acceptors (Lipinski definition) is 3. The molecule has 0 aromatic heterocycles. The molecule has 0 unspecified atom stereocenters. The third-order valence-corrected chi connectivity index (χ3v) is 2.79. The lowest BCUT2D eigenvalue weighted by Crippen LogP contribution is -2.45. The Kier molecular flexibility index (Phi) is 5.49. The van der Waals surface area contributed by atoms with E-state index in [0.29, 0.717) is 5.70 Å². The number of allylic oxidation sites excluding steroid dienone is 3. The van der Waals surface area contributed by atoms with Gasteiger partial charge in [-0.1, -0.05) is 25.3 Å². The van der Waals surface area contributed by atoms with Gasteiger partial charge >= 0.3 is 0 Å². The number of rotatable bonds is 5. The second-order valence-electron chi connectivity index (χ2n) is 4.19. The summed E-state index contributed by atoms with van der Waals surface area (Å²) in [5.74, 6) is 0.102. The third kappa shape index (κ3) is 4.87. The van der Waals surface area contributed by atoms with Gasteiger partial charge in [0.2, 0.25) is 5.91 Å². The quantitative estimate of drug-likeness (QED) is 0.692. The van der Waals surface area contributed by atoms with Crippen molar-refractivity contribution in [3.05, 3.63) is 37.1 Å². The first-order valence-electron chi connectivity index (χ1n) is 5.88. The molecule has 1 fully saturated rings. The molecule has 17 heavy (non-hydrogen) atoms. The van der Waals surface area contributed by atoms with Crippen molar-refractivity contribution in [2.24, 2.45) is 5.73 Å². The van der Waals surface area contributed by atoms with Gasteiger partial charge in [-0.2, -0.15) is 0 Å². The maximum Gasteiger partial charge on any atom is 0.241 e. The molecule has 0 aromatic rings. The highest BCUT2D eigenvalue weighted by molar-refractivity contribution is 5.78. The highest BCUT2D eigenvalue weighted by Gasteiger charge is 2.19. The van der Waals surface area contributed by atoms with E-state index in [1.165, 1.54) is 0 Å². The summed E-state index contributed by atoms with van der Waals surface area (Å²) < 4.78 is 0. The van der Waals surface area contributed by atoms with Gasteiger partial charge in [-0.05, 0) is 18.9 Å². The van der Waals surface area contributed by atoms with E-state index in [0.717, 1.165) is 25.9 Å². The van der Waals surface area contributed by atoms with Crippen molar-refractivity contribution >= 4 is 5.91 Å². The number of likely N-dealkylation sites (tertiary alicyclic amines) is 1. The van der Waals surface area contributed by atoms with Crippen LogP contribution in [0.3, 0.4) is 0 Å². The van der Waals surface area contributed by atoms with Gasteiger partial charge in [0.25, 0.3) is 0 Å². The van der Waals surface area contributed by atoms with Crippen LogP contribution in [0.5, 0.6) is 0 Å². The minimum atomic E-state index is 0.102. The van der Waals surface area contributed by atoms with Gasteiger partial charge in [0.15, 0.2) is 0 Å². The Morgan fingerprint density at radius 3 is 2.71 bits per heavy atom. The molecule has 1 rings (SSSR count). The van der Waals surface area contributed by atoms with Crippen molar-refractivity contribution < 1.29 is 4.79 Å². The number of piperidine rings is 1. The number of nitrogens with one attached hydrogen (secondary N) is 1. The molecule has 0 saturated carbocycles. The summed E-state index contributed by atoms with van der Waals surface area (Å²) >= 11 is 0.